The molecular formula is C40H35NO4S. The molecule has 5 aromatic carbocycles. The van der Waals surface area contributed by atoms with Crippen LogP contribution in [0.4, 0.5) is 0 Å². The number of unbranched alkanes of at least 4 members (excludes halogenated alkanes) is 3. The normalized spacial score (nSPS) is 11.2. The Labute approximate surface area is 274 Å². The molecule has 0 spiro atoms. The van der Waals surface area contributed by atoms with Gasteiger partial charge in [-0.15, -0.1) is 0 Å². The summed E-state index contributed by atoms with van der Waals surface area (Å²) >= 11 is 1.54. The van der Waals surface area contributed by atoms with Crippen LogP contribution in [0.25, 0.3) is 11.1 Å². The third-order valence-electron chi connectivity index (χ3n) is 7.50. The van der Waals surface area contributed by atoms with Crippen LogP contribution in [0.3, 0.4) is 0 Å². The average Bonchev–Trinajstić information content (AvgIpc) is 3.12. The van der Waals surface area contributed by atoms with Crippen LogP contribution in [0.15, 0.2) is 148 Å². The molecule has 5 rings (SSSR count). The zero-order chi connectivity index (χ0) is 32.1. The van der Waals surface area contributed by atoms with Gasteiger partial charge in [-0.25, -0.2) is 4.79 Å². The Balaban J connectivity index is 1.21. The predicted octanol–water partition coefficient (Wildman–Crippen LogP) is 10.1. The third-order valence-corrected chi connectivity index (χ3v) is 8.52. The van der Waals surface area contributed by atoms with Crippen molar-refractivity contribution in [3.8, 4) is 11.1 Å². The predicted molar refractivity (Wildman–Crippen MR) is 185 cm³/mol. The monoisotopic (exact) mass is 625 g/mol. The van der Waals surface area contributed by atoms with Gasteiger partial charge in [-0.3, -0.25) is 9.59 Å². The lowest BCUT2D eigenvalue weighted by Gasteiger charge is -2.08. The summed E-state index contributed by atoms with van der Waals surface area (Å²) in [4.78, 5) is 46.0. The van der Waals surface area contributed by atoms with Crippen LogP contribution >= 0.6 is 11.8 Å². The van der Waals surface area contributed by atoms with Crippen LogP contribution in [0.2, 0.25) is 0 Å². The van der Waals surface area contributed by atoms with Gasteiger partial charge < -0.3 is 4.84 Å². The first-order valence-electron chi connectivity index (χ1n) is 15.5. The average molecular weight is 626 g/mol. The molecule has 0 saturated heterocycles. The Morgan fingerprint density at radius 3 is 1.67 bits per heavy atom. The van der Waals surface area contributed by atoms with E-state index >= 15 is 0 Å². The van der Waals surface area contributed by atoms with E-state index in [-0.39, 0.29) is 17.3 Å². The second kappa shape index (κ2) is 16.3. The lowest BCUT2D eigenvalue weighted by molar-refractivity contribution is 0.0514. The molecule has 0 radical (unpaired) electrons. The second-order valence-electron chi connectivity index (χ2n) is 10.8. The minimum absolute atomic E-state index is 0.0272. The molecule has 230 valence electrons. The summed E-state index contributed by atoms with van der Waals surface area (Å²) in [6.07, 6.45) is 4.32. The number of hydrogen-bond acceptors (Lipinski definition) is 6. The number of rotatable bonds is 14. The first-order valence-corrected chi connectivity index (χ1v) is 16.3. The molecule has 0 amide bonds. The Morgan fingerprint density at radius 1 is 0.565 bits per heavy atom. The highest BCUT2D eigenvalue weighted by Crippen LogP contribution is 2.29. The largest absolute Gasteiger partial charge is 0.365 e. The quantitative estimate of drug-likeness (QED) is 0.0404. The van der Waals surface area contributed by atoms with Gasteiger partial charge in [0.05, 0.1) is 5.56 Å². The van der Waals surface area contributed by atoms with Gasteiger partial charge >= 0.3 is 5.97 Å². The number of carbonyl (C=O) groups is 3. The molecule has 5 nitrogen and oxygen atoms in total. The van der Waals surface area contributed by atoms with Crippen LogP contribution in [0.1, 0.15) is 75.7 Å². The van der Waals surface area contributed by atoms with Crippen LogP contribution in [0.5, 0.6) is 0 Å². The van der Waals surface area contributed by atoms with Crippen molar-refractivity contribution in [3.05, 3.63) is 156 Å². The van der Waals surface area contributed by atoms with Crippen LogP contribution in [-0.4, -0.2) is 23.2 Å². The maximum absolute atomic E-state index is 13.4. The molecule has 5 aromatic rings. The lowest BCUT2D eigenvalue weighted by Crippen LogP contribution is -2.16. The molecule has 6 heteroatoms. The van der Waals surface area contributed by atoms with E-state index in [4.69, 9.17) is 4.84 Å². The summed E-state index contributed by atoms with van der Waals surface area (Å²) in [6, 6.07) is 41.2. The van der Waals surface area contributed by atoms with E-state index in [1.54, 1.807) is 48.2 Å². The second-order valence-corrected chi connectivity index (χ2v) is 12.0. The summed E-state index contributed by atoms with van der Waals surface area (Å²) in [5.74, 6) is -0.880. The molecule has 0 N–H and O–H groups in total. The molecule has 0 fully saturated rings. The molecule has 0 atom stereocenters. The maximum atomic E-state index is 13.4. The number of carbonyl (C=O) groups excluding carboxylic acids is 3. The molecule has 0 aliphatic heterocycles. The topological polar surface area (TPSA) is 72.8 Å². The molecule has 0 aliphatic rings. The summed E-state index contributed by atoms with van der Waals surface area (Å²) < 4.78 is 0. The molecule has 0 unspecified atom stereocenters. The maximum Gasteiger partial charge on any atom is 0.365 e. The van der Waals surface area contributed by atoms with Gasteiger partial charge in [-0.2, -0.15) is 0 Å². The van der Waals surface area contributed by atoms with Crippen molar-refractivity contribution in [1.29, 1.82) is 0 Å². The first kappa shape index (κ1) is 32.3. The van der Waals surface area contributed by atoms with Crippen molar-refractivity contribution in [1.82, 2.24) is 0 Å². The number of ketones is 2. The van der Waals surface area contributed by atoms with Crippen LogP contribution < -0.4 is 0 Å². The highest BCUT2D eigenvalue weighted by molar-refractivity contribution is 7.99. The van der Waals surface area contributed by atoms with Gasteiger partial charge in [0.15, 0.2) is 5.78 Å². The van der Waals surface area contributed by atoms with E-state index in [1.165, 1.54) is 0 Å². The van der Waals surface area contributed by atoms with Gasteiger partial charge in [0.25, 0.3) is 0 Å². The third kappa shape index (κ3) is 8.77. The van der Waals surface area contributed by atoms with Gasteiger partial charge in [-0.05, 0) is 84.6 Å². The van der Waals surface area contributed by atoms with Gasteiger partial charge in [0.1, 0.15) is 5.71 Å². The van der Waals surface area contributed by atoms with Crippen molar-refractivity contribution < 1.29 is 19.2 Å². The van der Waals surface area contributed by atoms with Crippen molar-refractivity contribution in [2.45, 2.75) is 48.8 Å². The Bertz CT molecular complexity index is 1780. The van der Waals surface area contributed by atoms with Crippen molar-refractivity contribution >= 4 is 35.0 Å². The highest BCUT2D eigenvalue weighted by atomic mass is 32.2. The first-order chi connectivity index (χ1) is 22.5. The number of Topliss-reactive ketones (excluding diaryl/α,β-unsaturated/α-hetero) is 1. The van der Waals surface area contributed by atoms with Gasteiger partial charge in [0.2, 0.25) is 5.78 Å². The van der Waals surface area contributed by atoms with Crippen molar-refractivity contribution in [2.75, 3.05) is 0 Å². The minimum Gasteiger partial charge on any atom is -0.312 e. The number of oxime groups is 1. The summed E-state index contributed by atoms with van der Waals surface area (Å²) in [6.45, 7) is 2.13. The standard InChI is InChI=1S/C40H35NO4S/c1-2-3-4-11-16-37(41-45-40(44)34-14-9-6-10-15-34)39(43)33-23-27-36(28-24-33)46-35-25-21-32(22-26-35)38(42)31-19-17-30(18-20-31)29-12-7-5-8-13-29/h5-10,12-15,17-28H,2-4,11,16H2,1H3/b41-37-. The van der Waals surface area contributed by atoms with Crippen molar-refractivity contribution in [2.24, 2.45) is 5.16 Å². The molecule has 0 aromatic heterocycles. The fraction of sp³-hybridized carbons (Fsp3) is 0.150. The number of nitrogens with zero attached hydrogens (tertiary/aromatic N) is 1. The fourth-order valence-corrected chi connectivity index (χ4v) is 5.72. The smallest absolute Gasteiger partial charge is 0.312 e. The number of benzene rings is 5. The van der Waals surface area contributed by atoms with E-state index in [0.29, 0.717) is 28.7 Å². The summed E-state index contributed by atoms with van der Waals surface area (Å²) in [5.41, 5.74) is 4.53. The van der Waals surface area contributed by atoms with E-state index in [0.717, 1.165) is 46.6 Å². The van der Waals surface area contributed by atoms with Gasteiger partial charge in [0, 0.05) is 26.5 Å². The van der Waals surface area contributed by atoms with Crippen LogP contribution in [0, 0.1) is 0 Å². The van der Waals surface area contributed by atoms with E-state index < -0.39 is 5.97 Å². The lowest BCUT2D eigenvalue weighted by atomic mass is 9.99. The Hall–Kier alpha value is -5.07. The highest BCUT2D eigenvalue weighted by Gasteiger charge is 2.17. The Kier molecular flexibility index (Phi) is 11.5. The molecule has 0 saturated carbocycles. The SMILES string of the molecule is CCCCCC/C(=N/OC(=O)c1ccccc1)C(=O)c1ccc(Sc2ccc(C(=O)c3ccc(-c4ccccc4)cc3)cc2)cc1. The molecule has 0 aliphatic carbocycles. The summed E-state index contributed by atoms with van der Waals surface area (Å²) in [5, 5.41) is 4.01. The minimum atomic E-state index is -0.597. The zero-order valence-corrected chi connectivity index (χ0v) is 26.5. The van der Waals surface area contributed by atoms with Crippen LogP contribution in [-0.2, 0) is 4.84 Å². The molecule has 46 heavy (non-hydrogen) atoms. The van der Waals surface area contributed by atoms with Gasteiger partial charge in [-0.1, -0.05) is 116 Å². The van der Waals surface area contributed by atoms with E-state index in [9.17, 15) is 14.4 Å². The fourth-order valence-electron chi connectivity index (χ4n) is 4.91. The van der Waals surface area contributed by atoms with Crippen molar-refractivity contribution in [3.63, 3.8) is 0 Å². The van der Waals surface area contributed by atoms with E-state index in [1.807, 2.05) is 97.1 Å². The zero-order valence-electron chi connectivity index (χ0n) is 25.7. The van der Waals surface area contributed by atoms with E-state index in [2.05, 4.69) is 12.1 Å². The number of hydrogen-bond donors (Lipinski definition) is 0. The molecule has 0 heterocycles. The Morgan fingerprint density at radius 2 is 1.09 bits per heavy atom. The molecular weight excluding hydrogens is 591 g/mol. The summed E-state index contributed by atoms with van der Waals surface area (Å²) in [7, 11) is 0. The molecule has 0 bridgehead atoms.